The minimum Gasteiger partial charge on any atom is -0.336 e. The third-order valence-electron chi connectivity index (χ3n) is 4.18. The lowest BCUT2D eigenvalue weighted by Gasteiger charge is -2.19. The van der Waals surface area contributed by atoms with Crippen molar-refractivity contribution >= 4 is 5.91 Å². The van der Waals surface area contributed by atoms with Gasteiger partial charge in [-0.1, -0.05) is 17.3 Å². The Kier molecular flexibility index (Phi) is 5.76. The van der Waals surface area contributed by atoms with E-state index in [4.69, 9.17) is 0 Å². The molecule has 1 amide bonds. The van der Waals surface area contributed by atoms with Gasteiger partial charge in [0.25, 0.3) is 5.91 Å². The predicted molar refractivity (Wildman–Crippen MR) is 94.4 cm³/mol. The highest BCUT2D eigenvalue weighted by Crippen LogP contribution is 2.29. The number of halogens is 3. The van der Waals surface area contributed by atoms with Crippen molar-refractivity contribution in [2.45, 2.75) is 26.2 Å². The van der Waals surface area contributed by atoms with Crippen molar-refractivity contribution in [3.8, 4) is 0 Å². The maximum atomic E-state index is 12.8. The van der Waals surface area contributed by atoms with Crippen LogP contribution in [0.1, 0.15) is 28.5 Å². The van der Waals surface area contributed by atoms with E-state index < -0.39 is 11.7 Å². The van der Waals surface area contributed by atoms with Crippen LogP contribution in [0.25, 0.3) is 0 Å². The maximum Gasteiger partial charge on any atom is 0.416 e. The molecule has 0 aliphatic carbocycles. The summed E-state index contributed by atoms with van der Waals surface area (Å²) < 4.78 is 41.6. The van der Waals surface area contributed by atoms with Crippen molar-refractivity contribution < 1.29 is 18.0 Å². The summed E-state index contributed by atoms with van der Waals surface area (Å²) in [6.07, 6.45) is 0.510. The van der Waals surface area contributed by atoms with Gasteiger partial charge in [-0.3, -0.25) is 9.48 Å². The second-order valence-electron chi connectivity index (χ2n) is 6.15. The summed E-state index contributed by atoms with van der Waals surface area (Å²) >= 11 is 0. The van der Waals surface area contributed by atoms with Gasteiger partial charge < -0.3 is 4.90 Å². The van der Waals surface area contributed by atoms with E-state index in [0.29, 0.717) is 25.2 Å². The van der Waals surface area contributed by atoms with Gasteiger partial charge in [0.15, 0.2) is 5.69 Å². The molecule has 0 spiro atoms. The first-order chi connectivity index (χ1) is 13.4. The predicted octanol–water partition coefficient (Wildman–Crippen LogP) is 2.70. The molecule has 28 heavy (non-hydrogen) atoms. The normalized spacial score (nSPS) is 11.6. The molecule has 1 aromatic carbocycles. The lowest BCUT2D eigenvalue weighted by atomic mass is 10.1. The van der Waals surface area contributed by atoms with E-state index in [2.05, 4.69) is 15.4 Å². The van der Waals surface area contributed by atoms with Crippen LogP contribution in [0.3, 0.4) is 0 Å². The Labute approximate surface area is 159 Å². The molecular formula is C18H19F3N6O. The first-order valence-electron chi connectivity index (χ1n) is 8.70. The Hall–Kier alpha value is -3.17. The minimum absolute atomic E-state index is 0.0869. The molecule has 0 unspecified atom stereocenters. The summed E-state index contributed by atoms with van der Waals surface area (Å²) in [7, 11) is 0. The SMILES string of the molecule is CCN(CCn1cccn1)C(=O)c1cn(Cc2cccc(C(F)(F)F)c2)nn1. The quantitative estimate of drug-likeness (QED) is 0.620. The number of likely N-dealkylation sites (N-methyl/N-ethyl adjacent to an activating group) is 1. The smallest absolute Gasteiger partial charge is 0.336 e. The fourth-order valence-corrected chi connectivity index (χ4v) is 2.73. The van der Waals surface area contributed by atoms with Gasteiger partial charge in [-0.25, -0.2) is 4.68 Å². The molecule has 0 saturated carbocycles. The van der Waals surface area contributed by atoms with Gasteiger partial charge in [-0.2, -0.15) is 18.3 Å². The van der Waals surface area contributed by atoms with Crippen molar-refractivity contribution in [3.05, 3.63) is 65.7 Å². The van der Waals surface area contributed by atoms with Crippen LogP contribution < -0.4 is 0 Å². The van der Waals surface area contributed by atoms with Crippen molar-refractivity contribution in [2.24, 2.45) is 0 Å². The van der Waals surface area contributed by atoms with Gasteiger partial charge in [-0.15, -0.1) is 5.10 Å². The number of nitrogens with zero attached hydrogens (tertiary/aromatic N) is 6. The molecular weight excluding hydrogens is 373 g/mol. The Bertz CT molecular complexity index is 920. The monoisotopic (exact) mass is 392 g/mol. The van der Waals surface area contributed by atoms with Crippen molar-refractivity contribution in [3.63, 3.8) is 0 Å². The van der Waals surface area contributed by atoms with E-state index in [1.54, 1.807) is 27.9 Å². The van der Waals surface area contributed by atoms with Crippen LogP contribution in [0.2, 0.25) is 0 Å². The number of alkyl halides is 3. The van der Waals surface area contributed by atoms with Gasteiger partial charge in [-0.05, 0) is 30.7 Å². The summed E-state index contributed by atoms with van der Waals surface area (Å²) in [6.45, 7) is 3.43. The molecule has 2 aromatic heterocycles. The van der Waals surface area contributed by atoms with Gasteiger partial charge in [0, 0.05) is 25.5 Å². The molecule has 3 aromatic rings. The zero-order valence-electron chi connectivity index (χ0n) is 15.2. The molecule has 10 heteroatoms. The Morgan fingerprint density at radius 2 is 2.04 bits per heavy atom. The Morgan fingerprint density at radius 3 is 2.71 bits per heavy atom. The summed E-state index contributed by atoms with van der Waals surface area (Å²) in [5.74, 6) is -0.287. The van der Waals surface area contributed by atoms with Crippen molar-refractivity contribution in [1.82, 2.24) is 29.7 Å². The fourth-order valence-electron chi connectivity index (χ4n) is 2.73. The molecule has 3 rings (SSSR count). The standard InChI is InChI=1S/C18H19F3N6O/c1-2-25(9-10-26-8-4-7-22-26)17(28)16-13-27(24-23-16)12-14-5-3-6-15(11-14)18(19,20)21/h3-8,11,13H,2,9-10,12H2,1H3. The van der Waals surface area contributed by atoms with Gasteiger partial charge in [0.05, 0.1) is 24.8 Å². The number of hydrogen-bond donors (Lipinski definition) is 0. The van der Waals surface area contributed by atoms with Crippen LogP contribution in [0.4, 0.5) is 13.2 Å². The highest BCUT2D eigenvalue weighted by Gasteiger charge is 2.30. The topological polar surface area (TPSA) is 68.8 Å². The van der Waals surface area contributed by atoms with E-state index in [1.165, 1.54) is 16.9 Å². The Balaban J connectivity index is 1.66. The molecule has 0 aliphatic heterocycles. The van der Waals surface area contributed by atoms with Crippen LogP contribution in [0.5, 0.6) is 0 Å². The van der Waals surface area contributed by atoms with Crippen LogP contribution in [0.15, 0.2) is 48.9 Å². The van der Waals surface area contributed by atoms with E-state index in [-0.39, 0.29) is 18.1 Å². The average Bonchev–Trinajstić information content (AvgIpc) is 3.33. The van der Waals surface area contributed by atoms with Crippen molar-refractivity contribution in [1.29, 1.82) is 0 Å². The van der Waals surface area contributed by atoms with Crippen LogP contribution in [0, 0.1) is 0 Å². The first-order valence-corrected chi connectivity index (χ1v) is 8.70. The van der Waals surface area contributed by atoms with Crippen LogP contribution in [-0.2, 0) is 19.3 Å². The molecule has 0 bridgehead atoms. The zero-order valence-corrected chi connectivity index (χ0v) is 15.2. The fraction of sp³-hybridized carbons (Fsp3) is 0.333. The van der Waals surface area contributed by atoms with Gasteiger partial charge in [0.2, 0.25) is 0 Å². The molecule has 7 nitrogen and oxygen atoms in total. The largest absolute Gasteiger partial charge is 0.416 e. The Morgan fingerprint density at radius 1 is 1.21 bits per heavy atom. The van der Waals surface area contributed by atoms with E-state index in [1.807, 2.05) is 13.1 Å². The van der Waals surface area contributed by atoms with E-state index in [0.717, 1.165) is 12.1 Å². The third-order valence-corrected chi connectivity index (χ3v) is 4.18. The van der Waals surface area contributed by atoms with E-state index in [9.17, 15) is 18.0 Å². The molecule has 148 valence electrons. The summed E-state index contributed by atoms with van der Waals surface area (Å²) in [5, 5.41) is 11.8. The molecule has 0 atom stereocenters. The average molecular weight is 392 g/mol. The van der Waals surface area contributed by atoms with Crippen LogP contribution >= 0.6 is 0 Å². The lowest BCUT2D eigenvalue weighted by molar-refractivity contribution is -0.137. The number of carbonyl (C=O) groups excluding carboxylic acids is 1. The molecule has 0 fully saturated rings. The first kappa shape index (κ1) is 19.6. The second kappa shape index (κ2) is 8.24. The molecule has 0 N–H and O–H groups in total. The lowest BCUT2D eigenvalue weighted by Crippen LogP contribution is -2.34. The van der Waals surface area contributed by atoms with Crippen molar-refractivity contribution in [2.75, 3.05) is 13.1 Å². The minimum atomic E-state index is -4.41. The summed E-state index contributed by atoms with van der Waals surface area (Å²) in [4.78, 5) is 14.2. The molecule has 2 heterocycles. The number of amides is 1. The number of hydrogen-bond acceptors (Lipinski definition) is 4. The number of rotatable bonds is 7. The molecule has 0 radical (unpaired) electrons. The number of aromatic nitrogens is 5. The van der Waals surface area contributed by atoms with Crippen LogP contribution in [-0.4, -0.2) is 48.7 Å². The number of benzene rings is 1. The third kappa shape index (κ3) is 4.76. The summed E-state index contributed by atoms with van der Waals surface area (Å²) in [6, 6.07) is 6.79. The summed E-state index contributed by atoms with van der Waals surface area (Å²) in [5.41, 5.74) is -0.156. The van der Waals surface area contributed by atoms with Gasteiger partial charge >= 0.3 is 6.18 Å². The van der Waals surface area contributed by atoms with Gasteiger partial charge in [0.1, 0.15) is 0 Å². The maximum absolute atomic E-state index is 12.8. The second-order valence-corrected chi connectivity index (χ2v) is 6.15. The van der Waals surface area contributed by atoms with E-state index >= 15 is 0 Å². The zero-order chi connectivity index (χ0) is 20.1. The highest BCUT2D eigenvalue weighted by atomic mass is 19.4. The molecule has 0 saturated heterocycles. The highest BCUT2D eigenvalue weighted by molar-refractivity contribution is 5.91. The number of carbonyl (C=O) groups is 1. The molecule has 0 aliphatic rings.